The molecular weight excluding hydrogens is 326 g/mol. The Kier molecular flexibility index (Phi) is 4.04. The van der Waals surface area contributed by atoms with Gasteiger partial charge in [0.2, 0.25) is 0 Å². The van der Waals surface area contributed by atoms with Gasteiger partial charge < -0.3 is 15.4 Å². The number of esters is 1. The monoisotopic (exact) mass is 345 g/mol. The Morgan fingerprint density at radius 3 is 2.50 bits per heavy atom. The highest BCUT2D eigenvalue weighted by atomic mass is 32.1. The summed E-state index contributed by atoms with van der Waals surface area (Å²) in [5.41, 5.74) is 0.0363. The number of hydrogen-bond acceptors (Lipinski definition) is 5. The van der Waals surface area contributed by atoms with Crippen molar-refractivity contribution < 1.29 is 14.3 Å². The Bertz CT molecular complexity index is 756. The maximum atomic E-state index is 12.2. The van der Waals surface area contributed by atoms with Gasteiger partial charge >= 0.3 is 12.0 Å². The van der Waals surface area contributed by atoms with Crippen molar-refractivity contribution in [3.8, 4) is 10.6 Å². The summed E-state index contributed by atoms with van der Waals surface area (Å²) in [5, 5.41) is 8.30. The molecule has 0 aliphatic carbocycles. The van der Waals surface area contributed by atoms with Crippen molar-refractivity contribution in [2.75, 3.05) is 5.32 Å². The third-order valence-corrected chi connectivity index (χ3v) is 4.63. The molecule has 1 aliphatic heterocycles. The zero-order valence-electron chi connectivity index (χ0n) is 13.8. The summed E-state index contributed by atoms with van der Waals surface area (Å²) in [4.78, 5) is 28.5. The van der Waals surface area contributed by atoms with Crippen molar-refractivity contribution in [2.24, 2.45) is 0 Å². The van der Waals surface area contributed by atoms with Gasteiger partial charge in [-0.15, -0.1) is 11.3 Å². The van der Waals surface area contributed by atoms with Gasteiger partial charge in [0, 0.05) is 29.2 Å². The molecule has 7 heteroatoms. The van der Waals surface area contributed by atoms with Gasteiger partial charge in [-0.2, -0.15) is 0 Å². The Balaban J connectivity index is 1.64. The van der Waals surface area contributed by atoms with Crippen molar-refractivity contribution in [3.05, 3.63) is 35.8 Å². The molecule has 6 nitrogen and oxygen atoms in total. The Morgan fingerprint density at radius 2 is 1.96 bits per heavy atom. The Morgan fingerprint density at radius 1 is 1.25 bits per heavy atom. The van der Waals surface area contributed by atoms with Crippen LogP contribution < -0.4 is 10.6 Å². The number of carbonyl (C=O) groups is 2. The van der Waals surface area contributed by atoms with Crippen LogP contribution >= 0.6 is 11.3 Å². The van der Waals surface area contributed by atoms with Gasteiger partial charge in [-0.25, -0.2) is 14.6 Å². The normalized spacial score (nSPS) is 22.0. The van der Waals surface area contributed by atoms with E-state index in [1.54, 1.807) is 36.6 Å². The molecule has 2 N–H and O–H groups in total. The number of rotatable bonds is 3. The summed E-state index contributed by atoms with van der Waals surface area (Å²) in [7, 11) is 0. The number of hydrogen-bond donors (Lipinski definition) is 2. The van der Waals surface area contributed by atoms with Gasteiger partial charge in [-0.05, 0) is 45.0 Å². The van der Waals surface area contributed by atoms with Crippen molar-refractivity contribution in [1.29, 1.82) is 0 Å². The van der Waals surface area contributed by atoms with E-state index in [-0.39, 0.29) is 0 Å². The minimum atomic E-state index is -1.02. The second kappa shape index (κ2) is 5.90. The van der Waals surface area contributed by atoms with Crippen LogP contribution in [0.25, 0.3) is 10.6 Å². The largest absolute Gasteiger partial charge is 0.458 e. The number of thiazole rings is 1. The molecule has 0 saturated carbocycles. The van der Waals surface area contributed by atoms with Crippen molar-refractivity contribution in [3.63, 3.8) is 0 Å². The molecule has 2 heterocycles. The zero-order valence-corrected chi connectivity index (χ0v) is 14.6. The zero-order chi connectivity index (χ0) is 17.4. The van der Waals surface area contributed by atoms with Gasteiger partial charge in [0.25, 0.3) is 0 Å². The maximum absolute atomic E-state index is 12.2. The Labute approximate surface area is 144 Å². The van der Waals surface area contributed by atoms with Crippen LogP contribution in [-0.4, -0.2) is 28.1 Å². The standard InChI is InChI=1S/C17H19N3O3S/c1-16(2)10-17(3,14(21)23-16)20-15(22)19-12-6-4-11(5-7-12)13-18-8-9-24-13/h4-9H,10H2,1-3H3,(H2,19,20,22). The molecule has 0 bridgehead atoms. The lowest BCUT2D eigenvalue weighted by molar-refractivity contribution is -0.149. The number of benzene rings is 1. The molecule has 0 radical (unpaired) electrons. The quantitative estimate of drug-likeness (QED) is 0.835. The van der Waals surface area contributed by atoms with E-state index >= 15 is 0 Å². The molecule has 1 aromatic heterocycles. The number of anilines is 1. The van der Waals surface area contributed by atoms with Crippen molar-refractivity contribution in [2.45, 2.75) is 38.3 Å². The highest BCUT2D eigenvalue weighted by molar-refractivity contribution is 7.13. The van der Waals surface area contributed by atoms with Gasteiger partial charge in [0.15, 0.2) is 0 Å². The van der Waals surface area contributed by atoms with Gasteiger partial charge in [-0.1, -0.05) is 0 Å². The molecule has 1 saturated heterocycles. The molecule has 24 heavy (non-hydrogen) atoms. The number of urea groups is 1. The predicted molar refractivity (Wildman–Crippen MR) is 92.9 cm³/mol. The minimum Gasteiger partial charge on any atom is -0.458 e. The fraction of sp³-hybridized carbons (Fsp3) is 0.353. The molecule has 1 fully saturated rings. The molecule has 126 valence electrons. The number of nitrogens with one attached hydrogen (secondary N) is 2. The van der Waals surface area contributed by atoms with E-state index in [1.165, 1.54) is 0 Å². The molecule has 1 aliphatic rings. The van der Waals surface area contributed by atoms with Crippen molar-refractivity contribution in [1.82, 2.24) is 10.3 Å². The van der Waals surface area contributed by atoms with E-state index in [2.05, 4.69) is 15.6 Å². The first-order chi connectivity index (χ1) is 11.3. The summed E-state index contributed by atoms with van der Waals surface area (Å²) in [5.74, 6) is -0.415. The van der Waals surface area contributed by atoms with E-state index in [0.29, 0.717) is 12.1 Å². The first-order valence-corrected chi connectivity index (χ1v) is 8.48. The second-order valence-corrected chi connectivity index (χ2v) is 7.55. The third kappa shape index (κ3) is 3.41. The van der Waals surface area contributed by atoms with Gasteiger partial charge in [0.05, 0.1) is 0 Å². The van der Waals surface area contributed by atoms with Crippen LogP contribution in [0.2, 0.25) is 0 Å². The van der Waals surface area contributed by atoms with Crippen LogP contribution in [0.5, 0.6) is 0 Å². The summed E-state index contributed by atoms with van der Waals surface area (Å²) in [6, 6.07) is 6.95. The summed E-state index contributed by atoms with van der Waals surface area (Å²) in [6.07, 6.45) is 2.18. The topological polar surface area (TPSA) is 80.3 Å². The maximum Gasteiger partial charge on any atom is 0.332 e. The van der Waals surface area contributed by atoms with Crippen LogP contribution in [0.4, 0.5) is 10.5 Å². The van der Waals surface area contributed by atoms with E-state index < -0.39 is 23.1 Å². The molecular formula is C17H19N3O3S. The number of nitrogens with zero attached hydrogens (tertiary/aromatic N) is 1. The van der Waals surface area contributed by atoms with E-state index in [0.717, 1.165) is 10.6 Å². The SMILES string of the molecule is CC1(C)CC(C)(NC(=O)Nc2ccc(-c3nccs3)cc2)C(=O)O1. The summed E-state index contributed by atoms with van der Waals surface area (Å²) >= 11 is 1.55. The lowest BCUT2D eigenvalue weighted by atomic mass is 9.92. The highest BCUT2D eigenvalue weighted by Crippen LogP contribution is 2.33. The number of ether oxygens (including phenoxy) is 1. The molecule has 2 aromatic rings. The molecule has 1 aromatic carbocycles. The Hall–Kier alpha value is -2.41. The van der Waals surface area contributed by atoms with Crippen LogP contribution in [0.1, 0.15) is 27.2 Å². The van der Waals surface area contributed by atoms with Gasteiger partial charge in [-0.3, -0.25) is 0 Å². The number of cyclic esters (lactones) is 1. The first-order valence-electron chi connectivity index (χ1n) is 7.60. The van der Waals surface area contributed by atoms with Gasteiger partial charge in [0.1, 0.15) is 16.1 Å². The van der Waals surface area contributed by atoms with E-state index in [4.69, 9.17) is 4.74 Å². The number of aromatic nitrogens is 1. The van der Waals surface area contributed by atoms with E-state index in [1.807, 2.05) is 31.4 Å². The first kappa shape index (κ1) is 16.4. The number of amides is 2. The summed E-state index contributed by atoms with van der Waals surface area (Å²) < 4.78 is 5.29. The molecule has 0 spiro atoms. The average Bonchev–Trinajstić information content (AvgIpc) is 3.06. The minimum absolute atomic E-state index is 0.415. The fourth-order valence-electron chi connectivity index (χ4n) is 2.89. The molecule has 1 atom stereocenters. The number of carbonyl (C=O) groups excluding carboxylic acids is 2. The molecule has 3 rings (SSSR count). The molecule has 1 unspecified atom stereocenters. The summed E-state index contributed by atoms with van der Waals surface area (Å²) in [6.45, 7) is 5.33. The smallest absolute Gasteiger partial charge is 0.332 e. The molecule has 2 amide bonds. The third-order valence-electron chi connectivity index (χ3n) is 3.81. The fourth-order valence-corrected chi connectivity index (χ4v) is 3.54. The van der Waals surface area contributed by atoms with Crippen LogP contribution in [0.3, 0.4) is 0 Å². The lowest BCUT2D eigenvalue weighted by Crippen LogP contribution is -2.51. The second-order valence-electron chi connectivity index (χ2n) is 6.65. The van der Waals surface area contributed by atoms with Crippen LogP contribution in [-0.2, 0) is 9.53 Å². The predicted octanol–water partition coefficient (Wildman–Crippen LogP) is 3.42. The van der Waals surface area contributed by atoms with Crippen LogP contribution in [0.15, 0.2) is 35.8 Å². The van der Waals surface area contributed by atoms with E-state index in [9.17, 15) is 9.59 Å². The van der Waals surface area contributed by atoms with Crippen LogP contribution in [0, 0.1) is 0 Å². The highest BCUT2D eigenvalue weighted by Gasteiger charge is 2.50. The lowest BCUT2D eigenvalue weighted by Gasteiger charge is -2.22. The average molecular weight is 345 g/mol. The van der Waals surface area contributed by atoms with Crippen molar-refractivity contribution >= 4 is 29.0 Å².